The van der Waals surface area contributed by atoms with Gasteiger partial charge in [-0.15, -0.1) is 5.10 Å². The highest BCUT2D eigenvalue weighted by Gasteiger charge is 2.28. The summed E-state index contributed by atoms with van der Waals surface area (Å²) in [6.07, 6.45) is 0.931. The first-order valence-corrected chi connectivity index (χ1v) is 6.57. The molecule has 2 atom stereocenters. The predicted molar refractivity (Wildman–Crippen MR) is 71.6 cm³/mol. The third-order valence-electron chi connectivity index (χ3n) is 3.60. The second-order valence-corrected chi connectivity index (χ2v) is 5.42. The van der Waals surface area contributed by atoms with Crippen LogP contribution in [0.2, 0.25) is 5.02 Å². The van der Waals surface area contributed by atoms with Gasteiger partial charge in [-0.05, 0) is 24.1 Å². The number of fused-ring (bicyclic) bond motifs is 1. The number of anilines is 1. The molecule has 0 aliphatic carbocycles. The molecule has 2 aromatic rings. The highest BCUT2D eigenvalue weighted by molar-refractivity contribution is 6.30. The molecule has 1 aliphatic rings. The lowest BCUT2D eigenvalue weighted by atomic mass is 9.86. The summed E-state index contributed by atoms with van der Waals surface area (Å²) < 4.78 is 15.0. The van der Waals surface area contributed by atoms with Crippen molar-refractivity contribution < 1.29 is 4.39 Å². The smallest absolute Gasteiger partial charge is 0.239 e. The van der Waals surface area contributed by atoms with Crippen molar-refractivity contribution in [2.75, 3.05) is 5.73 Å². The van der Waals surface area contributed by atoms with Gasteiger partial charge in [0.15, 0.2) is 0 Å². The second kappa shape index (κ2) is 4.49. The van der Waals surface area contributed by atoms with E-state index in [1.807, 2.05) is 4.68 Å². The normalized spacial score (nSPS) is 22.3. The fourth-order valence-electron chi connectivity index (χ4n) is 2.69. The number of hydrogen-bond donors (Lipinski definition) is 1. The number of nitrogen functional groups attached to an aromatic ring is 1. The average molecular weight is 281 g/mol. The molecule has 1 aliphatic heterocycles. The van der Waals surface area contributed by atoms with E-state index in [1.165, 1.54) is 6.07 Å². The van der Waals surface area contributed by atoms with Gasteiger partial charge in [0, 0.05) is 18.4 Å². The third-order valence-corrected chi connectivity index (χ3v) is 3.89. The van der Waals surface area contributed by atoms with Gasteiger partial charge >= 0.3 is 0 Å². The van der Waals surface area contributed by atoms with E-state index in [2.05, 4.69) is 17.0 Å². The Balaban J connectivity index is 1.94. The Hall–Kier alpha value is -1.62. The number of nitrogens with zero attached hydrogens (tertiary/aromatic N) is 3. The van der Waals surface area contributed by atoms with Crippen LogP contribution in [0.3, 0.4) is 0 Å². The summed E-state index contributed by atoms with van der Waals surface area (Å²) in [5, 5.41) is 4.35. The van der Waals surface area contributed by atoms with Gasteiger partial charge in [0.2, 0.25) is 5.95 Å². The molecule has 2 N–H and O–H groups in total. The highest BCUT2D eigenvalue weighted by Crippen LogP contribution is 2.36. The molecule has 0 saturated heterocycles. The van der Waals surface area contributed by atoms with Gasteiger partial charge in [0.05, 0.1) is 5.02 Å². The fraction of sp³-hybridized carbons (Fsp3) is 0.385. The molecule has 0 bridgehead atoms. The minimum Gasteiger partial charge on any atom is -0.366 e. The van der Waals surface area contributed by atoms with E-state index in [0.29, 0.717) is 12.5 Å². The molecule has 1 aromatic heterocycles. The Morgan fingerprint density at radius 3 is 3.00 bits per heavy atom. The fourth-order valence-corrected chi connectivity index (χ4v) is 2.88. The zero-order valence-corrected chi connectivity index (χ0v) is 11.2. The number of nitrogens with two attached hydrogens (primary N) is 1. The third kappa shape index (κ3) is 2.18. The standard InChI is InChI=1S/C13H14ClFN4/c1-7-4-9(6-19-12(7)17-13(16)18-19)8-2-3-11(15)10(14)5-8/h2-3,5,7,9H,4,6H2,1H3,(H2,16,18). The summed E-state index contributed by atoms with van der Waals surface area (Å²) in [5.41, 5.74) is 6.66. The van der Waals surface area contributed by atoms with Crippen LogP contribution < -0.4 is 5.73 Å². The van der Waals surface area contributed by atoms with Crippen LogP contribution in [0.5, 0.6) is 0 Å². The van der Waals surface area contributed by atoms with Crippen molar-refractivity contribution in [3.8, 4) is 0 Å². The van der Waals surface area contributed by atoms with Gasteiger partial charge < -0.3 is 5.73 Å². The van der Waals surface area contributed by atoms with Crippen LogP contribution in [0, 0.1) is 5.82 Å². The van der Waals surface area contributed by atoms with E-state index in [4.69, 9.17) is 17.3 Å². The summed E-state index contributed by atoms with van der Waals surface area (Å²) in [5.74, 6) is 1.36. The topological polar surface area (TPSA) is 56.7 Å². The molecule has 0 radical (unpaired) electrons. The molecule has 0 fully saturated rings. The van der Waals surface area contributed by atoms with E-state index in [0.717, 1.165) is 17.8 Å². The number of aromatic nitrogens is 3. The van der Waals surface area contributed by atoms with Crippen LogP contribution in [0.1, 0.15) is 36.6 Å². The average Bonchev–Trinajstić information content (AvgIpc) is 2.74. The Kier molecular flexibility index (Phi) is 2.93. The van der Waals surface area contributed by atoms with Crippen molar-refractivity contribution in [3.05, 3.63) is 40.4 Å². The molecule has 4 nitrogen and oxygen atoms in total. The molecular formula is C13H14ClFN4. The van der Waals surface area contributed by atoms with Crippen molar-refractivity contribution in [1.82, 2.24) is 14.8 Å². The number of benzene rings is 1. The predicted octanol–water partition coefficient (Wildman–Crippen LogP) is 2.94. The first kappa shape index (κ1) is 12.4. The first-order valence-electron chi connectivity index (χ1n) is 6.19. The lowest BCUT2D eigenvalue weighted by Gasteiger charge is -2.27. The SMILES string of the molecule is CC1CC(c2ccc(F)c(Cl)c2)Cn2nc(N)nc21. The lowest BCUT2D eigenvalue weighted by molar-refractivity contribution is 0.382. The number of hydrogen-bond acceptors (Lipinski definition) is 3. The lowest BCUT2D eigenvalue weighted by Crippen LogP contribution is -2.22. The maximum absolute atomic E-state index is 13.2. The Morgan fingerprint density at radius 1 is 1.47 bits per heavy atom. The largest absolute Gasteiger partial charge is 0.366 e. The molecular weight excluding hydrogens is 267 g/mol. The van der Waals surface area contributed by atoms with Crippen molar-refractivity contribution in [2.45, 2.75) is 31.7 Å². The summed E-state index contributed by atoms with van der Waals surface area (Å²) in [6.45, 7) is 2.79. The van der Waals surface area contributed by atoms with Crippen LogP contribution in [0.25, 0.3) is 0 Å². The molecule has 3 rings (SSSR count). The summed E-state index contributed by atoms with van der Waals surface area (Å²) in [4.78, 5) is 4.24. The van der Waals surface area contributed by atoms with Crippen LogP contribution in [-0.2, 0) is 6.54 Å². The number of halogens is 2. The van der Waals surface area contributed by atoms with E-state index in [-0.39, 0.29) is 22.7 Å². The zero-order valence-electron chi connectivity index (χ0n) is 10.5. The molecule has 2 heterocycles. The van der Waals surface area contributed by atoms with E-state index < -0.39 is 0 Å². The van der Waals surface area contributed by atoms with E-state index >= 15 is 0 Å². The van der Waals surface area contributed by atoms with Crippen molar-refractivity contribution in [3.63, 3.8) is 0 Å². The van der Waals surface area contributed by atoms with Crippen LogP contribution in [0.4, 0.5) is 10.3 Å². The van der Waals surface area contributed by atoms with Gasteiger partial charge in [0.1, 0.15) is 11.6 Å². The Labute approximate surface area is 115 Å². The first-order chi connectivity index (χ1) is 9.04. The van der Waals surface area contributed by atoms with Gasteiger partial charge in [-0.2, -0.15) is 4.98 Å². The molecule has 100 valence electrons. The van der Waals surface area contributed by atoms with Gasteiger partial charge in [-0.25, -0.2) is 9.07 Å². The maximum Gasteiger partial charge on any atom is 0.239 e. The molecule has 2 unspecified atom stereocenters. The quantitative estimate of drug-likeness (QED) is 0.874. The molecule has 6 heteroatoms. The maximum atomic E-state index is 13.2. The van der Waals surface area contributed by atoms with Crippen LogP contribution in [0.15, 0.2) is 18.2 Å². The molecule has 0 spiro atoms. The van der Waals surface area contributed by atoms with Gasteiger partial charge in [-0.3, -0.25) is 0 Å². The Bertz CT molecular complexity index is 625. The minimum absolute atomic E-state index is 0.161. The number of rotatable bonds is 1. The van der Waals surface area contributed by atoms with Crippen molar-refractivity contribution >= 4 is 17.5 Å². The van der Waals surface area contributed by atoms with Gasteiger partial charge in [-0.1, -0.05) is 24.6 Å². The molecule has 0 amide bonds. The summed E-state index contributed by atoms with van der Waals surface area (Å²) >= 11 is 5.84. The highest BCUT2D eigenvalue weighted by atomic mass is 35.5. The monoisotopic (exact) mass is 280 g/mol. The second-order valence-electron chi connectivity index (χ2n) is 5.02. The zero-order chi connectivity index (χ0) is 13.6. The summed E-state index contributed by atoms with van der Waals surface area (Å²) in [6, 6.07) is 4.89. The van der Waals surface area contributed by atoms with E-state index in [1.54, 1.807) is 12.1 Å². The van der Waals surface area contributed by atoms with Crippen LogP contribution in [-0.4, -0.2) is 14.8 Å². The van der Waals surface area contributed by atoms with Gasteiger partial charge in [0.25, 0.3) is 0 Å². The van der Waals surface area contributed by atoms with Crippen molar-refractivity contribution in [1.29, 1.82) is 0 Å². The Morgan fingerprint density at radius 2 is 2.26 bits per heavy atom. The van der Waals surface area contributed by atoms with Crippen molar-refractivity contribution in [2.24, 2.45) is 0 Å². The molecule has 1 aromatic carbocycles. The van der Waals surface area contributed by atoms with E-state index in [9.17, 15) is 4.39 Å². The molecule has 0 saturated carbocycles. The van der Waals surface area contributed by atoms with Crippen LogP contribution >= 0.6 is 11.6 Å². The summed E-state index contributed by atoms with van der Waals surface area (Å²) in [7, 11) is 0. The molecule has 19 heavy (non-hydrogen) atoms. The minimum atomic E-state index is -0.389.